The first-order valence-electron chi connectivity index (χ1n) is 5.48. The fraction of sp³-hybridized carbons (Fsp3) is 0.0833. The van der Waals surface area contributed by atoms with Crippen molar-refractivity contribution in [2.24, 2.45) is 7.05 Å². The smallest absolute Gasteiger partial charge is 0.262 e. The standard InChI is InChI=1S/C12H10N4O3/c1-16-6-13-5-9(16)11-14-12(19-15-11)8-4-7(17)2-3-10(8)18/h2-6,17-18H,1H3. The minimum Gasteiger partial charge on any atom is -0.508 e. The third-order valence-corrected chi connectivity index (χ3v) is 2.68. The molecule has 3 rings (SSSR count). The topological polar surface area (TPSA) is 97.2 Å². The van der Waals surface area contributed by atoms with Gasteiger partial charge in [-0.25, -0.2) is 4.98 Å². The first-order valence-corrected chi connectivity index (χ1v) is 5.48. The number of imidazole rings is 1. The Morgan fingerprint density at radius 2 is 2.11 bits per heavy atom. The molecule has 0 bridgehead atoms. The third kappa shape index (κ3) is 1.90. The van der Waals surface area contributed by atoms with E-state index in [2.05, 4.69) is 15.1 Å². The number of hydrogen-bond acceptors (Lipinski definition) is 6. The van der Waals surface area contributed by atoms with Crippen LogP contribution in [0.15, 0.2) is 35.2 Å². The van der Waals surface area contributed by atoms with Crippen LogP contribution in [-0.4, -0.2) is 29.9 Å². The van der Waals surface area contributed by atoms with Crippen molar-refractivity contribution in [1.29, 1.82) is 0 Å². The van der Waals surface area contributed by atoms with E-state index in [1.165, 1.54) is 18.2 Å². The molecule has 0 saturated carbocycles. The van der Waals surface area contributed by atoms with Crippen molar-refractivity contribution in [2.45, 2.75) is 0 Å². The zero-order valence-electron chi connectivity index (χ0n) is 9.98. The Bertz CT molecular complexity index is 732. The summed E-state index contributed by atoms with van der Waals surface area (Å²) in [5, 5.41) is 23.0. The van der Waals surface area contributed by atoms with Crippen LogP contribution < -0.4 is 0 Å². The average Bonchev–Trinajstić information content (AvgIpc) is 3.00. The average molecular weight is 258 g/mol. The van der Waals surface area contributed by atoms with Gasteiger partial charge in [0.05, 0.1) is 18.1 Å². The minimum absolute atomic E-state index is 0.00748. The minimum atomic E-state index is -0.0435. The van der Waals surface area contributed by atoms with Gasteiger partial charge in [0.15, 0.2) is 0 Å². The van der Waals surface area contributed by atoms with Crippen molar-refractivity contribution in [3.05, 3.63) is 30.7 Å². The van der Waals surface area contributed by atoms with Crippen LogP contribution in [0.25, 0.3) is 23.0 Å². The molecule has 7 nitrogen and oxygen atoms in total. The number of rotatable bonds is 2. The van der Waals surface area contributed by atoms with Gasteiger partial charge in [-0.3, -0.25) is 0 Å². The summed E-state index contributed by atoms with van der Waals surface area (Å²) in [6, 6.07) is 4.09. The Balaban J connectivity index is 2.06. The molecule has 96 valence electrons. The van der Waals surface area contributed by atoms with E-state index in [4.69, 9.17) is 4.52 Å². The molecule has 2 N–H and O–H groups in total. The van der Waals surface area contributed by atoms with Gasteiger partial charge in [-0.1, -0.05) is 5.16 Å². The van der Waals surface area contributed by atoms with Crippen LogP contribution in [0.3, 0.4) is 0 Å². The SMILES string of the molecule is Cn1cncc1-c1noc(-c2cc(O)ccc2O)n1. The maximum absolute atomic E-state index is 9.73. The normalized spacial score (nSPS) is 10.8. The molecule has 0 aliphatic heterocycles. The largest absolute Gasteiger partial charge is 0.508 e. The number of benzene rings is 1. The van der Waals surface area contributed by atoms with Crippen molar-refractivity contribution in [1.82, 2.24) is 19.7 Å². The van der Waals surface area contributed by atoms with E-state index in [1.54, 1.807) is 17.1 Å². The van der Waals surface area contributed by atoms with Crippen LogP contribution >= 0.6 is 0 Å². The zero-order chi connectivity index (χ0) is 13.4. The van der Waals surface area contributed by atoms with Crippen molar-refractivity contribution in [3.8, 4) is 34.5 Å². The maximum Gasteiger partial charge on any atom is 0.262 e. The van der Waals surface area contributed by atoms with Gasteiger partial charge < -0.3 is 19.3 Å². The molecule has 0 saturated heterocycles. The predicted octanol–water partition coefficient (Wildman–Crippen LogP) is 1.55. The summed E-state index contributed by atoms with van der Waals surface area (Å²) >= 11 is 0. The first kappa shape index (κ1) is 11.3. The summed E-state index contributed by atoms with van der Waals surface area (Å²) in [4.78, 5) is 8.14. The van der Waals surface area contributed by atoms with E-state index in [0.717, 1.165) is 0 Å². The lowest BCUT2D eigenvalue weighted by atomic mass is 10.2. The van der Waals surface area contributed by atoms with Crippen LogP contribution in [0.4, 0.5) is 0 Å². The van der Waals surface area contributed by atoms with Crippen LogP contribution in [0.5, 0.6) is 11.5 Å². The van der Waals surface area contributed by atoms with E-state index < -0.39 is 0 Å². The molecule has 0 aliphatic carbocycles. The van der Waals surface area contributed by atoms with E-state index in [0.29, 0.717) is 11.5 Å². The van der Waals surface area contributed by atoms with Gasteiger partial charge in [-0.2, -0.15) is 4.98 Å². The molecule has 0 fully saturated rings. The maximum atomic E-state index is 9.73. The van der Waals surface area contributed by atoms with Gasteiger partial charge in [-0.05, 0) is 18.2 Å². The van der Waals surface area contributed by atoms with Crippen LogP contribution in [0, 0.1) is 0 Å². The molecule has 2 aromatic heterocycles. The summed E-state index contributed by atoms with van der Waals surface area (Å²) in [5.74, 6) is 0.452. The van der Waals surface area contributed by atoms with Gasteiger partial charge in [0.25, 0.3) is 5.89 Å². The van der Waals surface area contributed by atoms with Crippen molar-refractivity contribution in [3.63, 3.8) is 0 Å². The fourth-order valence-electron chi connectivity index (χ4n) is 1.70. The molecule has 0 atom stereocenters. The van der Waals surface area contributed by atoms with E-state index in [1.807, 2.05) is 7.05 Å². The molecular weight excluding hydrogens is 248 g/mol. The highest BCUT2D eigenvalue weighted by Crippen LogP contribution is 2.32. The Kier molecular flexibility index (Phi) is 2.45. The van der Waals surface area contributed by atoms with E-state index in [-0.39, 0.29) is 23.0 Å². The van der Waals surface area contributed by atoms with Crippen LogP contribution in [0.1, 0.15) is 0 Å². The van der Waals surface area contributed by atoms with Crippen LogP contribution in [-0.2, 0) is 7.05 Å². The molecule has 0 amide bonds. The van der Waals surface area contributed by atoms with Gasteiger partial charge >= 0.3 is 0 Å². The highest BCUT2D eigenvalue weighted by atomic mass is 16.5. The summed E-state index contributed by atoms with van der Waals surface area (Å²) in [7, 11) is 1.81. The fourth-order valence-corrected chi connectivity index (χ4v) is 1.70. The summed E-state index contributed by atoms with van der Waals surface area (Å²) in [5.41, 5.74) is 0.968. The highest BCUT2D eigenvalue weighted by Gasteiger charge is 2.16. The molecule has 0 aliphatic rings. The number of hydrogen-bond donors (Lipinski definition) is 2. The lowest BCUT2D eigenvalue weighted by molar-refractivity contribution is 0.423. The number of aryl methyl sites for hydroxylation is 1. The Hall–Kier alpha value is -2.83. The summed E-state index contributed by atoms with van der Waals surface area (Å²) in [6.07, 6.45) is 3.23. The van der Waals surface area contributed by atoms with Crippen LogP contribution in [0.2, 0.25) is 0 Å². The Labute approximate surface area is 107 Å². The van der Waals surface area contributed by atoms with Gasteiger partial charge in [0.2, 0.25) is 5.82 Å². The number of nitrogens with zero attached hydrogens (tertiary/aromatic N) is 4. The Morgan fingerprint density at radius 1 is 1.26 bits per heavy atom. The molecule has 2 heterocycles. The zero-order valence-corrected chi connectivity index (χ0v) is 9.98. The van der Waals surface area contributed by atoms with Crippen molar-refractivity contribution in [2.75, 3.05) is 0 Å². The number of aromatic nitrogens is 4. The second-order valence-corrected chi connectivity index (χ2v) is 4.01. The quantitative estimate of drug-likeness (QED) is 0.677. The molecule has 1 aromatic carbocycles. The second kappa shape index (κ2) is 4.13. The van der Waals surface area contributed by atoms with Crippen molar-refractivity contribution >= 4 is 0 Å². The molecule has 0 spiro atoms. The van der Waals surface area contributed by atoms with Crippen molar-refractivity contribution < 1.29 is 14.7 Å². The lowest BCUT2D eigenvalue weighted by Gasteiger charge is -1.99. The third-order valence-electron chi connectivity index (χ3n) is 2.68. The summed E-state index contributed by atoms with van der Waals surface area (Å²) < 4.78 is 6.84. The number of aromatic hydroxyl groups is 2. The van der Waals surface area contributed by atoms with E-state index >= 15 is 0 Å². The number of phenolic OH excluding ortho intramolecular Hbond substituents is 2. The lowest BCUT2D eigenvalue weighted by Crippen LogP contribution is -1.90. The van der Waals surface area contributed by atoms with Gasteiger partial charge in [0, 0.05) is 7.05 Å². The molecule has 3 aromatic rings. The molecule has 7 heteroatoms. The molecule has 19 heavy (non-hydrogen) atoms. The monoisotopic (exact) mass is 258 g/mol. The highest BCUT2D eigenvalue weighted by molar-refractivity contribution is 5.65. The molecule has 0 unspecified atom stereocenters. The van der Waals surface area contributed by atoms with Gasteiger partial charge in [-0.15, -0.1) is 0 Å². The number of phenols is 2. The second-order valence-electron chi connectivity index (χ2n) is 4.01. The predicted molar refractivity (Wildman–Crippen MR) is 65.3 cm³/mol. The Morgan fingerprint density at radius 3 is 2.84 bits per heavy atom. The molecule has 0 radical (unpaired) electrons. The molecular formula is C12H10N4O3. The van der Waals surface area contributed by atoms with E-state index in [9.17, 15) is 10.2 Å². The summed E-state index contributed by atoms with van der Waals surface area (Å²) in [6.45, 7) is 0. The first-order chi connectivity index (χ1) is 9.15. The van der Waals surface area contributed by atoms with Gasteiger partial charge in [0.1, 0.15) is 17.2 Å².